The molecule has 0 saturated carbocycles. The van der Waals surface area contributed by atoms with E-state index in [-0.39, 0.29) is 0 Å². The predicted octanol–water partition coefficient (Wildman–Crippen LogP) is 1.74. The van der Waals surface area contributed by atoms with Gasteiger partial charge in [-0.15, -0.1) is 11.6 Å². The highest BCUT2D eigenvalue weighted by Crippen LogP contribution is 2.10. The summed E-state index contributed by atoms with van der Waals surface area (Å²) in [5.41, 5.74) is 0. The number of anilines is 1. The number of nitrogens with one attached hydrogen (secondary N) is 1. The Morgan fingerprint density at radius 3 is 2.92 bits per heavy atom. The molecule has 0 bridgehead atoms. The Morgan fingerprint density at radius 2 is 2.42 bits per heavy atom. The summed E-state index contributed by atoms with van der Waals surface area (Å²) in [6.07, 6.45) is 1.66. The van der Waals surface area contributed by atoms with Gasteiger partial charge in [-0.2, -0.15) is 0 Å². The van der Waals surface area contributed by atoms with E-state index in [1.54, 1.807) is 13.3 Å². The molecule has 0 fully saturated rings. The highest BCUT2D eigenvalue weighted by molar-refractivity contribution is 6.18. The van der Waals surface area contributed by atoms with Crippen LogP contribution in [-0.4, -0.2) is 24.5 Å². The van der Waals surface area contributed by atoms with Gasteiger partial charge in [-0.3, -0.25) is 0 Å². The van der Waals surface area contributed by atoms with Gasteiger partial charge in [-0.1, -0.05) is 0 Å². The van der Waals surface area contributed by atoms with Gasteiger partial charge in [-0.05, 0) is 12.1 Å². The Bertz CT molecular complexity index is 225. The Balaban J connectivity index is 2.53. The molecule has 0 aliphatic heterocycles. The number of ether oxygens (including phenoxy) is 1. The first-order chi connectivity index (χ1) is 5.86. The molecule has 66 valence electrons. The Kier molecular flexibility index (Phi) is 3.67. The van der Waals surface area contributed by atoms with Crippen molar-refractivity contribution in [1.82, 2.24) is 4.98 Å². The average molecular weight is 187 g/mol. The van der Waals surface area contributed by atoms with Crippen LogP contribution in [0.1, 0.15) is 0 Å². The fraction of sp³-hybridized carbons (Fsp3) is 0.375. The lowest BCUT2D eigenvalue weighted by molar-refractivity contribution is 0.413. The third-order valence-electron chi connectivity index (χ3n) is 1.37. The van der Waals surface area contributed by atoms with Crippen molar-refractivity contribution in [3.63, 3.8) is 0 Å². The van der Waals surface area contributed by atoms with E-state index in [4.69, 9.17) is 16.3 Å². The standard InChI is InChI=1S/C8H11ClN2O/c1-12-7-2-3-8(11-6-7)10-5-4-9/h2-3,6H,4-5H2,1H3,(H,10,11). The summed E-state index contributed by atoms with van der Waals surface area (Å²) in [6.45, 7) is 0.723. The van der Waals surface area contributed by atoms with Crippen molar-refractivity contribution in [2.45, 2.75) is 0 Å². The molecule has 1 aromatic rings. The van der Waals surface area contributed by atoms with Crippen LogP contribution in [-0.2, 0) is 0 Å². The van der Waals surface area contributed by atoms with Gasteiger partial charge in [-0.25, -0.2) is 4.98 Å². The highest BCUT2D eigenvalue weighted by Gasteiger charge is 1.92. The number of hydrogen-bond acceptors (Lipinski definition) is 3. The lowest BCUT2D eigenvalue weighted by Crippen LogP contribution is -2.03. The molecule has 0 aliphatic carbocycles. The molecule has 0 aliphatic rings. The van der Waals surface area contributed by atoms with Gasteiger partial charge >= 0.3 is 0 Å². The second-order valence-electron chi connectivity index (χ2n) is 2.20. The SMILES string of the molecule is COc1ccc(NCCCl)nc1. The second kappa shape index (κ2) is 4.83. The Hall–Kier alpha value is -0.960. The molecule has 1 aromatic heterocycles. The first-order valence-electron chi connectivity index (χ1n) is 3.66. The van der Waals surface area contributed by atoms with Crippen molar-refractivity contribution in [2.75, 3.05) is 24.9 Å². The molecule has 0 spiro atoms. The van der Waals surface area contributed by atoms with Crippen molar-refractivity contribution in [3.8, 4) is 5.75 Å². The molecule has 0 radical (unpaired) electrons. The number of methoxy groups -OCH3 is 1. The smallest absolute Gasteiger partial charge is 0.137 e. The van der Waals surface area contributed by atoms with Crippen molar-refractivity contribution in [1.29, 1.82) is 0 Å². The summed E-state index contributed by atoms with van der Waals surface area (Å²) in [5.74, 6) is 2.15. The van der Waals surface area contributed by atoms with E-state index >= 15 is 0 Å². The third-order valence-corrected chi connectivity index (χ3v) is 1.56. The van der Waals surface area contributed by atoms with Crippen LogP contribution in [0.5, 0.6) is 5.75 Å². The highest BCUT2D eigenvalue weighted by atomic mass is 35.5. The maximum Gasteiger partial charge on any atom is 0.137 e. The Labute approximate surface area is 76.7 Å². The van der Waals surface area contributed by atoms with Gasteiger partial charge in [0.15, 0.2) is 0 Å². The van der Waals surface area contributed by atoms with Crippen LogP contribution in [0, 0.1) is 0 Å². The quantitative estimate of drug-likeness (QED) is 0.728. The number of pyridine rings is 1. The number of rotatable bonds is 4. The third kappa shape index (κ3) is 2.58. The molecular weight excluding hydrogens is 176 g/mol. The minimum Gasteiger partial charge on any atom is -0.495 e. The first kappa shape index (κ1) is 9.13. The molecule has 1 heterocycles. The van der Waals surface area contributed by atoms with Gasteiger partial charge < -0.3 is 10.1 Å². The van der Waals surface area contributed by atoms with Crippen LogP contribution >= 0.6 is 11.6 Å². The molecule has 0 amide bonds. The summed E-state index contributed by atoms with van der Waals surface area (Å²) >= 11 is 5.50. The van der Waals surface area contributed by atoms with E-state index in [1.165, 1.54) is 0 Å². The fourth-order valence-corrected chi connectivity index (χ4v) is 0.875. The molecule has 12 heavy (non-hydrogen) atoms. The molecule has 0 unspecified atom stereocenters. The van der Waals surface area contributed by atoms with Crippen molar-refractivity contribution in [2.24, 2.45) is 0 Å². The van der Waals surface area contributed by atoms with E-state index in [9.17, 15) is 0 Å². The Morgan fingerprint density at radius 1 is 1.58 bits per heavy atom. The van der Waals surface area contributed by atoms with Crippen molar-refractivity contribution < 1.29 is 4.74 Å². The zero-order chi connectivity index (χ0) is 8.81. The van der Waals surface area contributed by atoms with Crippen molar-refractivity contribution >= 4 is 17.4 Å². The molecule has 0 aromatic carbocycles. The molecule has 3 nitrogen and oxygen atoms in total. The number of alkyl halides is 1. The maximum atomic E-state index is 5.50. The molecule has 4 heteroatoms. The number of halogens is 1. The van der Waals surface area contributed by atoms with Crippen LogP contribution in [0.15, 0.2) is 18.3 Å². The summed E-state index contributed by atoms with van der Waals surface area (Å²) in [5, 5.41) is 3.05. The van der Waals surface area contributed by atoms with E-state index in [1.807, 2.05) is 12.1 Å². The predicted molar refractivity (Wildman–Crippen MR) is 50.0 cm³/mol. The minimum atomic E-state index is 0.577. The maximum absolute atomic E-state index is 5.50. The van der Waals surface area contributed by atoms with Gasteiger partial charge in [0, 0.05) is 12.4 Å². The summed E-state index contributed by atoms with van der Waals surface area (Å²) in [7, 11) is 1.61. The molecule has 1 rings (SSSR count). The van der Waals surface area contributed by atoms with Gasteiger partial charge in [0.25, 0.3) is 0 Å². The fourth-order valence-electron chi connectivity index (χ4n) is 0.781. The number of nitrogens with zero attached hydrogens (tertiary/aromatic N) is 1. The van der Waals surface area contributed by atoms with E-state index in [0.29, 0.717) is 5.88 Å². The van der Waals surface area contributed by atoms with E-state index in [2.05, 4.69) is 10.3 Å². The lowest BCUT2D eigenvalue weighted by Gasteiger charge is -2.03. The topological polar surface area (TPSA) is 34.1 Å². The van der Waals surface area contributed by atoms with Gasteiger partial charge in [0.05, 0.1) is 13.3 Å². The van der Waals surface area contributed by atoms with Crippen LogP contribution < -0.4 is 10.1 Å². The van der Waals surface area contributed by atoms with E-state index < -0.39 is 0 Å². The number of aromatic nitrogens is 1. The van der Waals surface area contributed by atoms with Crippen molar-refractivity contribution in [3.05, 3.63) is 18.3 Å². The zero-order valence-corrected chi connectivity index (χ0v) is 7.64. The lowest BCUT2D eigenvalue weighted by atomic mass is 10.4. The zero-order valence-electron chi connectivity index (χ0n) is 6.88. The number of hydrogen-bond donors (Lipinski definition) is 1. The average Bonchev–Trinajstić information content (AvgIpc) is 2.15. The molecule has 0 saturated heterocycles. The van der Waals surface area contributed by atoms with Crippen LogP contribution in [0.25, 0.3) is 0 Å². The van der Waals surface area contributed by atoms with Gasteiger partial charge in [0.2, 0.25) is 0 Å². The van der Waals surface area contributed by atoms with Crippen LogP contribution in [0.2, 0.25) is 0 Å². The summed E-state index contributed by atoms with van der Waals surface area (Å²) in [4.78, 5) is 4.09. The first-order valence-corrected chi connectivity index (χ1v) is 4.20. The van der Waals surface area contributed by atoms with Crippen LogP contribution in [0.3, 0.4) is 0 Å². The largest absolute Gasteiger partial charge is 0.495 e. The molecule has 0 atom stereocenters. The molecule has 1 N–H and O–H groups in total. The summed E-state index contributed by atoms with van der Waals surface area (Å²) in [6, 6.07) is 3.70. The van der Waals surface area contributed by atoms with E-state index in [0.717, 1.165) is 18.1 Å². The normalized spacial score (nSPS) is 9.50. The summed E-state index contributed by atoms with van der Waals surface area (Å²) < 4.78 is 4.96. The minimum absolute atomic E-state index is 0.577. The van der Waals surface area contributed by atoms with Gasteiger partial charge in [0.1, 0.15) is 11.6 Å². The monoisotopic (exact) mass is 186 g/mol. The second-order valence-corrected chi connectivity index (χ2v) is 2.58. The molecular formula is C8H11ClN2O. The van der Waals surface area contributed by atoms with Crippen LogP contribution in [0.4, 0.5) is 5.82 Å².